The van der Waals surface area contributed by atoms with E-state index in [1.807, 2.05) is 6.20 Å². The molecular weight excluding hydrogens is 172 g/mol. The van der Waals surface area contributed by atoms with Crippen molar-refractivity contribution in [2.24, 2.45) is 0 Å². The van der Waals surface area contributed by atoms with Gasteiger partial charge in [-0.1, -0.05) is 19.9 Å². The third-order valence-corrected chi connectivity index (χ3v) is 3.03. The molecule has 1 aromatic heterocycles. The van der Waals surface area contributed by atoms with Crippen molar-refractivity contribution in [1.82, 2.24) is 10.3 Å². The molecule has 0 fully saturated rings. The van der Waals surface area contributed by atoms with Gasteiger partial charge >= 0.3 is 0 Å². The van der Waals surface area contributed by atoms with E-state index in [0.29, 0.717) is 5.92 Å². The van der Waals surface area contributed by atoms with Gasteiger partial charge in [0.1, 0.15) is 0 Å². The number of nitrogens with one attached hydrogen (secondary N) is 1. The van der Waals surface area contributed by atoms with E-state index in [-0.39, 0.29) is 5.54 Å². The second kappa shape index (κ2) is 3.06. The Kier molecular flexibility index (Phi) is 2.11. The molecule has 0 bridgehead atoms. The molecule has 0 aliphatic carbocycles. The van der Waals surface area contributed by atoms with Crippen molar-refractivity contribution >= 4 is 0 Å². The van der Waals surface area contributed by atoms with Gasteiger partial charge in [-0.15, -0.1) is 0 Å². The van der Waals surface area contributed by atoms with Crippen LogP contribution in [0, 0.1) is 0 Å². The second-order valence-corrected chi connectivity index (χ2v) is 4.90. The van der Waals surface area contributed by atoms with Gasteiger partial charge in [-0.25, -0.2) is 0 Å². The summed E-state index contributed by atoms with van der Waals surface area (Å²) in [6, 6.07) is 2.30. The molecule has 0 radical (unpaired) electrons. The minimum atomic E-state index is 0.0905. The fourth-order valence-electron chi connectivity index (χ4n) is 1.91. The zero-order valence-electron chi connectivity index (χ0n) is 9.39. The standard InChI is InChI=1S/C12H18N2/c1-8(2)9-5-10-11(13-6-9)7-14-12(10,3)4/h5-6,8,14H,7H2,1-4H3. The molecule has 2 heterocycles. The van der Waals surface area contributed by atoms with Crippen LogP contribution in [0.15, 0.2) is 12.3 Å². The summed E-state index contributed by atoms with van der Waals surface area (Å²) in [6.45, 7) is 9.74. The Morgan fingerprint density at radius 1 is 1.43 bits per heavy atom. The van der Waals surface area contributed by atoms with Crippen molar-refractivity contribution in [3.63, 3.8) is 0 Å². The fourth-order valence-corrected chi connectivity index (χ4v) is 1.91. The summed E-state index contributed by atoms with van der Waals surface area (Å²) in [5.74, 6) is 0.559. The van der Waals surface area contributed by atoms with Crippen LogP contribution in [0.4, 0.5) is 0 Å². The van der Waals surface area contributed by atoms with Crippen molar-refractivity contribution in [2.75, 3.05) is 0 Å². The molecule has 0 spiro atoms. The molecule has 2 heteroatoms. The largest absolute Gasteiger partial charge is 0.302 e. The summed E-state index contributed by atoms with van der Waals surface area (Å²) in [7, 11) is 0. The van der Waals surface area contributed by atoms with E-state index in [4.69, 9.17) is 0 Å². The smallest absolute Gasteiger partial charge is 0.0592 e. The minimum Gasteiger partial charge on any atom is -0.302 e. The van der Waals surface area contributed by atoms with Crippen molar-refractivity contribution in [3.8, 4) is 0 Å². The summed E-state index contributed by atoms with van der Waals surface area (Å²) < 4.78 is 0. The van der Waals surface area contributed by atoms with Crippen molar-refractivity contribution < 1.29 is 0 Å². The number of hydrogen-bond donors (Lipinski definition) is 1. The monoisotopic (exact) mass is 190 g/mol. The SMILES string of the molecule is CC(C)c1cnc2c(c1)C(C)(C)NC2. The second-order valence-electron chi connectivity index (χ2n) is 4.90. The highest BCUT2D eigenvalue weighted by atomic mass is 15.0. The quantitative estimate of drug-likeness (QED) is 0.736. The van der Waals surface area contributed by atoms with Crippen LogP contribution in [0.2, 0.25) is 0 Å². The summed E-state index contributed by atoms with van der Waals surface area (Å²) in [5.41, 5.74) is 4.00. The third kappa shape index (κ3) is 1.44. The van der Waals surface area contributed by atoms with Crippen molar-refractivity contribution in [3.05, 3.63) is 29.1 Å². The average Bonchev–Trinajstić information content (AvgIpc) is 2.42. The van der Waals surface area contributed by atoms with Gasteiger partial charge in [0, 0.05) is 18.3 Å². The molecule has 0 atom stereocenters. The number of fused-ring (bicyclic) bond motifs is 1. The molecule has 0 saturated heterocycles. The normalized spacial score (nSPS) is 18.6. The summed E-state index contributed by atoms with van der Waals surface area (Å²) in [4.78, 5) is 4.51. The number of hydrogen-bond acceptors (Lipinski definition) is 2. The predicted molar refractivity (Wildman–Crippen MR) is 58.2 cm³/mol. The lowest BCUT2D eigenvalue weighted by Crippen LogP contribution is -2.28. The number of aromatic nitrogens is 1. The van der Waals surface area contributed by atoms with E-state index in [1.54, 1.807) is 0 Å². The van der Waals surface area contributed by atoms with Gasteiger partial charge in [-0.2, -0.15) is 0 Å². The summed E-state index contributed by atoms with van der Waals surface area (Å²) in [5, 5.41) is 3.46. The number of pyridine rings is 1. The van der Waals surface area contributed by atoms with E-state index < -0.39 is 0 Å². The maximum Gasteiger partial charge on any atom is 0.0592 e. The van der Waals surface area contributed by atoms with E-state index in [1.165, 1.54) is 16.8 Å². The average molecular weight is 190 g/mol. The van der Waals surface area contributed by atoms with Crippen LogP contribution in [-0.2, 0) is 12.1 Å². The molecule has 2 rings (SSSR count). The molecule has 1 aliphatic heterocycles. The van der Waals surface area contributed by atoms with E-state index in [9.17, 15) is 0 Å². The van der Waals surface area contributed by atoms with Crippen LogP contribution in [0.3, 0.4) is 0 Å². The van der Waals surface area contributed by atoms with Crippen LogP contribution >= 0.6 is 0 Å². The predicted octanol–water partition coefficient (Wildman–Crippen LogP) is 2.54. The Bertz CT molecular complexity index is 353. The summed E-state index contributed by atoms with van der Waals surface area (Å²) in [6.07, 6.45) is 2.01. The number of nitrogens with zero attached hydrogens (tertiary/aromatic N) is 1. The topological polar surface area (TPSA) is 24.9 Å². The van der Waals surface area contributed by atoms with Gasteiger partial charge in [0.2, 0.25) is 0 Å². The lowest BCUT2D eigenvalue weighted by molar-refractivity contribution is 0.442. The van der Waals surface area contributed by atoms with Crippen molar-refractivity contribution in [1.29, 1.82) is 0 Å². The molecule has 0 saturated carbocycles. The number of rotatable bonds is 1. The van der Waals surface area contributed by atoms with Crippen LogP contribution < -0.4 is 5.32 Å². The first-order valence-electron chi connectivity index (χ1n) is 5.25. The molecule has 0 unspecified atom stereocenters. The maximum absolute atomic E-state index is 4.51. The molecule has 1 aromatic rings. The first-order valence-corrected chi connectivity index (χ1v) is 5.25. The Balaban J connectivity index is 2.48. The molecule has 1 N–H and O–H groups in total. The highest BCUT2D eigenvalue weighted by Gasteiger charge is 2.30. The van der Waals surface area contributed by atoms with Gasteiger partial charge in [0.05, 0.1) is 5.69 Å². The molecular formula is C12H18N2. The Labute approximate surface area is 85.7 Å². The van der Waals surface area contributed by atoms with Crippen LogP contribution in [0.25, 0.3) is 0 Å². The van der Waals surface area contributed by atoms with Gasteiger partial charge in [-0.3, -0.25) is 4.98 Å². The molecule has 0 aromatic carbocycles. The molecule has 2 nitrogen and oxygen atoms in total. The Hall–Kier alpha value is -0.890. The molecule has 1 aliphatic rings. The molecule has 0 amide bonds. The van der Waals surface area contributed by atoms with Crippen LogP contribution in [0.5, 0.6) is 0 Å². The Morgan fingerprint density at radius 2 is 2.14 bits per heavy atom. The maximum atomic E-state index is 4.51. The minimum absolute atomic E-state index is 0.0905. The van der Waals surface area contributed by atoms with Crippen LogP contribution in [0.1, 0.15) is 50.4 Å². The fraction of sp³-hybridized carbons (Fsp3) is 0.583. The zero-order chi connectivity index (χ0) is 10.3. The van der Waals surface area contributed by atoms with Gasteiger partial charge in [0.15, 0.2) is 0 Å². The zero-order valence-corrected chi connectivity index (χ0v) is 9.39. The lowest BCUT2D eigenvalue weighted by Gasteiger charge is -2.20. The first-order chi connectivity index (χ1) is 6.50. The van der Waals surface area contributed by atoms with E-state index >= 15 is 0 Å². The highest BCUT2D eigenvalue weighted by molar-refractivity contribution is 5.35. The Morgan fingerprint density at radius 3 is 2.79 bits per heavy atom. The highest BCUT2D eigenvalue weighted by Crippen LogP contribution is 2.30. The molecule has 76 valence electrons. The van der Waals surface area contributed by atoms with Gasteiger partial charge in [0.25, 0.3) is 0 Å². The van der Waals surface area contributed by atoms with E-state index in [2.05, 4.69) is 44.1 Å². The van der Waals surface area contributed by atoms with Crippen molar-refractivity contribution in [2.45, 2.75) is 45.7 Å². The summed E-state index contributed by atoms with van der Waals surface area (Å²) >= 11 is 0. The first kappa shape index (κ1) is 9.66. The van der Waals surface area contributed by atoms with Gasteiger partial charge in [-0.05, 0) is 30.9 Å². The molecule has 14 heavy (non-hydrogen) atoms. The van der Waals surface area contributed by atoms with E-state index in [0.717, 1.165) is 6.54 Å². The lowest BCUT2D eigenvalue weighted by atomic mass is 9.93. The van der Waals surface area contributed by atoms with Gasteiger partial charge < -0.3 is 5.32 Å². The third-order valence-electron chi connectivity index (χ3n) is 3.03. The van der Waals surface area contributed by atoms with Crippen LogP contribution in [-0.4, -0.2) is 4.98 Å².